The van der Waals surface area contributed by atoms with Crippen LogP contribution in [0, 0.1) is 0 Å². The van der Waals surface area contributed by atoms with Gasteiger partial charge in [-0.25, -0.2) is 0 Å². The van der Waals surface area contributed by atoms with E-state index in [2.05, 4.69) is 5.32 Å². The molecule has 0 aromatic rings. The number of imide groups is 1. The highest BCUT2D eigenvalue weighted by molar-refractivity contribution is 8.01. The number of ether oxygens (including phenoxy) is 1. The van der Waals surface area contributed by atoms with Gasteiger partial charge in [-0.05, 0) is 20.8 Å². The van der Waals surface area contributed by atoms with Gasteiger partial charge in [-0.3, -0.25) is 19.7 Å². The number of carbonyl (C=O) groups is 3. The summed E-state index contributed by atoms with van der Waals surface area (Å²) in [5.74, 6) is -0.934. The molecule has 1 aliphatic heterocycles. The van der Waals surface area contributed by atoms with Gasteiger partial charge in [-0.2, -0.15) is 0 Å². The van der Waals surface area contributed by atoms with Gasteiger partial charge in [0.25, 0.3) is 0 Å². The highest BCUT2D eigenvalue weighted by Crippen LogP contribution is 2.20. The first kappa shape index (κ1) is 13.0. The number of carbonyl (C=O) groups excluding carboxylic acids is 3. The van der Waals surface area contributed by atoms with Gasteiger partial charge in [0.1, 0.15) is 5.60 Å². The van der Waals surface area contributed by atoms with Gasteiger partial charge >= 0.3 is 5.97 Å². The Hall–Kier alpha value is -1.04. The normalized spacial score (nSPS) is 21.6. The number of rotatable bonds is 2. The van der Waals surface area contributed by atoms with E-state index in [0.717, 1.165) is 0 Å². The Morgan fingerprint density at radius 1 is 1.50 bits per heavy atom. The summed E-state index contributed by atoms with van der Waals surface area (Å²) in [5.41, 5.74) is -0.553. The van der Waals surface area contributed by atoms with E-state index in [1.807, 2.05) is 0 Å². The molecule has 0 aliphatic carbocycles. The van der Waals surface area contributed by atoms with E-state index in [0.29, 0.717) is 0 Å². The van der Waals surface area contributed by atoms with Crippen LogP contribution in [-0.2, 0) is 19.1 Å². The standard InChI is InChI=1S/C10H15NO4S/c1-10(2,3)15-8(13)4-6-9(14)11-7(12)5-16-6/h6H,4-5H2,1-3H3,(H,11,12,14). The molecule has 5 nitrogen and oxygen atoms in total. The van der Waals surface area contributed by atoms with Crippen molar-refractivity contribution >= 4 is 29.5 Å². The molecule has 1 heterocycles. The van der Waals surface area contributed by atoms with Crippen molar-refractivity contribution in [1.82, 2.24) is 5.32 Å². The molecule has 0 radical (unpaired) electrons. The van der Waals surface area contributed by atoms with Gasteiger partial charge in [0.15, 0.2) is 0 Å². The number of thioether (sulfide) groups is 1. The van der Waals surface area contributed by atoms with Crippen LogP contribution in [0.15, 0.2) is 0 Å². The smallest absolute Gasteiger partial charge is 0.307 e. The average molecular weight is 245 g/mol. The molecule has 16 heavy (non-hydrogen) atoms. The zero-order valence-corrected chi connectivity index (χ0v) is 10.3. The molecule has 1 aliphatic rings. The quantitative estimate of drug-likeness (QED) is 0.566. The molecule has 0 bridgehead atoms. The lowest BCUT2D eigenvalue weighted by atomic mass is 10.2. The second-order valence-corrected chi connectivity index (χ2v) is 5.69. The number of nitrogens with one attached hydrogen (secondary N) is 1. The van der Waals surface area contributed by atoms with Gasteiger partial charge in [-0.15, -0.1) is 11.8 Å². The first-order chi connectivity index (χ1) is 7.28. The van der Waals surface area contributed by atoms with E-state index in [1.165, 1.54) is 11.8 Å². The Bertz CT molecular complexity index is 321. The van der Waals surface area contributed by atoms with Crippen LogP contribution in [0.3, 0.4) is 0 Å². The molecule has 2 amide bonds. The van der Waals surface area contributed by atoms with Crippen molar-refractivity contribution in [2.75, 3.05) is 5.75 Å². The molecule has 0 spiro atoms. The Morgan fingerprint density at radius 3 is 2.62 bits per heavy atom. The number of hydrogen-bond donors (Lipinski definition) is 1. The first-order valence-corrected chi connectivity index (χ1v) is 6.00. The summed E-state index contributed by atoms with van der Waals surface area (Å²) in [6, 6.07) is 0. The van der Waals surface area contributed by atoms with E-state index >= 15 is 0 Å². The van der Waals surface area contributed by atoms with Crippen LogP contribution in [0.5, 0.6) is 0 Å². The number of hydrogen-bond acceptors (Lipinski definition) is 5. The maximum absolute atomic E-state index is 11.5. The molecule has 90 valence electrons. The fourth-order valence-corrected chi connectivity index (χ4v) is 2.08. The minimum atomic E-state index is -0.553. The van der Waals surface area contributed by atoms with Crippen molar-refractivity contribution in [2.45, 2.75) is 38.0 Å². The summed E-state index contributed by atoms with van der Waals surface area (Å²) in [6.45, 7) is 5.30. The van der Waals surface area contributed by atoms with Crippen molar-refractivity contribution in [2.24, 2.45) is 0 Å². The molecule has 1 rings (SSSR count). The topological polar surface area (TPSA) is 72.5 Å². The number of amides is 2. The van der Waals surface area contributed by atoms with E-state index in [1.54, 1.807) is 20.8 Å². The molecule has 1 unspecified atom stereocenters. The maximum atomic E-state index is 11.5. The van der Waals surface area contributed by atoms with Crippen LogP contribution in [0.25, 0.3) is 0 Å². The van der Waals surface area contributed by atoms with Crippen LogP contribution in [0.4, 0.5) is 0 Å². The predicted octanol–water partition coefficient (Wildman–Crippen LogP) is 0.476. The Morgan fingerprint density at radius 2 is 2.12 bits per heavy atom. The van der Waals surface area contributed by atoms with Crippen LogP contribution in [0.2, 0.25) is 0 Å². The van der Waals surface area contributed by atoms with Crippen molar-refractivity contribution < 1.29 is 19.1 Å². The third-order valence-electron chi connectivity index (χ3n) is 1.74. The molecular weight excluding hydrogens is 230 g/mol. The van der Waals surface area contributed by atoms with Crippen molar-refractivity contribution in [3.63, 3.8) is 0 Å². The molecule has 1 saturated heterocycles. The second kappa shape index (κ2) is 4.86. The molecule has 1 fully saturated rings. The first-order valence-electron chi connectivity index (χ1n) is 4.95. The van der Waals surface area contributed by atoms with Crippen molar-refractivity contribution in [3.8, 4) is 0 Å². The molecule has 1 atom stereocenters. The summed E-state index contributed by atoms with van der Waals surface area (Å²) in [5, 5.41) is 1.67. The lowest BCUT2D eigenvalue weighted by Gasteiger charge is -2.23. The Labute approximate surface area is 98.3 Å². The third kappa shape index (κ3) is 4.22. The van der Waals surface area contributed by atoms with Gasteiger partial charge in [0.2, 0.25) is 11.8 Å². The van der Waals surface area contributed by atoms with Gasteiger partial charge in [-0.1, -0.05) is 0 Å². The summed E-state index contributed by atoms with van der Waals surface area (Å²) in [4.78, 5) is 33.7. The van der Waals surface area contributed by atoms with Gasteiger partial charge in [0, 0.05) is 0 Å². The van der Waals surface area contributed by atoms with Crippen molar-refractivity contribution in [1.29, 1.82) is 0 Å². The summed E-state index contributed by atoms with van der Waals surface area (Å²) in [6.07, 6.45) is 0.00104. The fraction of sp³-hybridized carbons (Fsp3) is 0.700. The average Bonchev–Trinajstić information content (AvgIpc) is 2.06. The molecule has 0 saturated carbocycles. The Kier molecular flexibility index (Phi) is 3.96. The highest BCUT2D eigenvalue weighted by Gasteiger charge is 2.30. The second-order valence-electron chi connectivity index (χ2n) is 4.50. The summed E-state index contributed by atoms with van der Waals surface area (Å²) < 4.78 is 5.10. The zero-order chi connectivity index (χ0) is 12.3. The van der Waals surface area contributed by atoms with Crippen LogP contribution < -0.4 is 5.32 Å². The van der Waals surface area contributed by atoms with Gasteiger partial charge < -0.3 is 4.74 Å². The SMILES string of the molecule is CC(C)(C)OC(=O)CC1SCC(=O)NC1=O. The molecular formula is C10H15NO4S. The third-order valence-corrected chi connectivity index (χ3v) is 2.95. The monoisotopic (exact) mass is 245 g/mol. The molecule has 0 aromatic heterocycles. The molecule has 1 N–H and O–H groups in total. The lowest BCUT2D eigenvalue weighted by Crippen LogP contribution is -2.44. The van der Waals surface area contributed by atoms with Crippen LogP contribution >= 0.6 is 11.8 Å². The van der Waals surface area contributed by atoms with Crippen LogP contribution in [-0.4, -0.2) is 34.4 Å². The number of esters is 1. The van der Waals surface area contributed by atoms with Crippen LogP contribution in [0.1, 0.15) is 27.2 Å². The predicted molar refractivity (Wildman–Crippen MR) is 59.9 cm³/mol. The van der Waals surface area contributed by atoms with E-state index in [9.17, 15) is 14.4 Å². The van der Waals surface area contributed by atoms with E-state index in [-0.39, 0.29) is 18.1 Å². The van der Waals surface area contributed by atoms with E-state index in [4.69, 9.17) is 4.74 Å². The summed E-state index contributed by atoms with van der Waals surface area (Å²) in [7, 11) is 0. The summed E-state index contributed by atoms with van der Waals surface area (Å²) >= 11 is 1.17. The van der Waals surface area contributed by atoms with E-state index < -0.39 is 22.7 Å². The maximum Gasteiger partial charge on any atom is 0.307 e. The lowest BCUT2D eigenvalue weighted by molar-refractivity contribution is -0.155. The van der Waals surface area contributed by atoms with Gasteiger partial charge in [0.05, 0.1) is 17.4 Å². The Balaban J connectivity index is 2.45. The zero-order valence-electron chi connectivity index (χ0n) is 9.53. The molecule has 0 aromatic carbocycles. The highest BCUT2D eigenvalue weighted by atomic mass is 32.2. The molecule has 6 heteroatoms. The minimum Gasteiger partial charge on any atom is -0.460 e. The minimum absolute atomic E-state index is 0.00104. The largest absolute Gasteiger partial charge is 0.460 e. The fourth-order valence-electron chi connectivity index (χ4n) is 1.19. The van der Waals surface area contributed by atoms with Crippen molar-refractivity contribution in [3.05, 3.63) is 0 Å².